The van der Waals surface area contributed by atoms with Gasteiger partial charge < -0.3 is 0 Å². The molecule has 1 atom stereocenters. The van der Waals surface area contributed by atoms with Crippen molar-refractivity contribution in [3.63, 3.8) is 0 Å². The molecule has 1 aromatic heterocycles. The molecule has 0 radical (unpaired) electrons. The van der Waals surface area contributed by atoms with Gasteiger partial charge in [-0.15, -0.1) is 0 Å². The van der Waals surface area contributed by atoms with Crippen molar-refractivity contribution >= 4 is 42.1 Å². The number of aryl methyl sites for hydroxylation is 2. The lowest BCUT2D eigenvalue weighted by atomic mass is 10.4. The predicted molar refractivity (Wildman–Crippen MR) is 144 cm³/mol. The summed E-state index contributed by atoms with van der Waals surface area (Å²) in [6.07, 6.45) is -2.35. The van der Waals surface area contributed by atoms with Crippen LogP contribution in [-0.4, -0.2) is 20.0 Å². The van der Waals surface area contributed by atoms with Crippen LogP contribution >= 0.6 is 14.4 Å². The summed E-state index contributed by atoms with van der Waals surface area (Å²) in [5.41, 5.74) is 2.19. The van der Waals surface area contributed by atoms with Crippen molar-refractivity contribution in [2.45, 2.75) is 33.7 Å². The number of aromatic nitrogens is 2. The van der Waals surface area contributed by atoms with Gasteiger partial charge in [0.1, 0.15) is 8.22 Å². The summed E-state index contributed by atoms with van der Waals surface area (Å²) in [5.74, 6) is 0. The van der Waals surface area contributed by atoms with E-state index in [2.05, 4.69) is 134 Å². The number of rotatable bonds is 7. The highest BCUT2D eigenvalue weighted by atomic mass is 32.4. The lowest BCUT2D eigenvalue weighted by molar-refractivity contribution is 0.570. The molecular weight excluding hydrogens is 448 g/mol. The number of hydrogen-bond acceptors (Lipinski definition) is 2. The molecule has 0 amide bonds. The quantitative estimate of drug-likeness (QED) is 0.317. The van der Waals surface area contributed by atoms with E-state index in [0.29, 0.717) is 0 Å². The van der Waals surface area contributed by atoms with Crippen LogP contribution in [0, 0.1) is 13.8 Å². The second kappa shape index (κ2) is 9.81. The first-order valence-electron chi connectivity index (χ1n) is 10.8. The Bertz CT molecular complexity index is 1160. The summed E-state index contributed by atoms with van der Waals surface area (Å²) in [4.78, 5) is 0. The van der Waals surface area contributed by atoms with Gasteiger partial charge in [0.05, 0.1) is 11.9 Å². The monoisotopic (exact) mass is 477 g/mol. The molecule has 0 aliphatic carbocycles. The third kappa shape index (κ3) is 4.38. The lowest BCUT2D eigenvalue weighted by Gasteiger charge is -2.43. The minimum absolute atomic E-state index is 0.219. The molecule has 1 heterocycles. The molecule has 0 aliphatic rings. The maximum Gasteiger partial charge on any atom is 0.128 e. The highest BCUT2D eigenvalue weighted by molar-refractivity contribution is 8.22. The molecule has 4 rings (SSSR count). The minimum atomic E-state index is -2.35. The lowest BCUT2D eigenvalue weighted by Crippen LogP contribution is -2.37. The molecule has 0 saturated heterocycles. The van der Waals surface area contributed by atoms with Crippen molar-refractivity contribution in [2.75, 3.05) is 0 Å². The van der Waals surface area contributed by atoms with Crippen LogP contribution in [0.5, 0.6) is 0 Å². The van der Waals surface area contributed by atoms with E-state index in [1.54, 1.807) is 0 Å². The SMILES string of the molecule is Cc1cc(C)n(P(c2ccccc2)N(C(C)C)P(=S)(c2ccccc2)c2ccccc2)n1. The van der Waals surface area contributed by atoms with Crippen LogP contribution < -0.4 is 15.9 Å². The fraction of sp³-hybridized carbons (Fsp3) is 0.192. The van der Waals surface area contributed by atoms with Gasteiger partial charge in [-0.2, -0.15) is 5.10 Å². The molecule has 3 aromatic carbocycles. The highest BCUT2D eigenvalue weighted by Gasteiger charge is 2.39. The largest absolute Gasteiger partial charge is 0.229 e. The van der Waals surface area contributed by atoms with Crippen molar-refractivity contribution in [1.82, 2.24) is 14.0 Å². The molecule has 1 unspecified atom stereocenters. The predicted octanol–water partition coefficient (Wildman–Crippen LogP) is 5.74. The van der Waals surface area contributed by atoms with Gasteiger partial charge in [0.25, 0.3) is 0 Å². The highest BCUT2D eigenvalue weighted by Crippen LogP contribution is 2.62. The van der Waals surface area contributed by atoms with Crippen molar-refractivity contribution < 1.29 is 0 Å². The first-order chi connectivity index (χ1) is 15.4. The summed E-state index contributed by atoms with van der Waals surface area (Å²) in [6.45, 7) is 8.73. The number of benzene rings is 3. The van der Waals surface area contributed by atoms with Crippen LogP contribution in [0.25, 0.3) is 0 Å². The Morgan fingerprint density at radius 2 is 1.28 bits per heavy atom. The molecule has 3 nitrogen and oxygen atoms in total. The minimum Gasteiger partial charge on any atom is -0.229 e. The van der Waals surface area contributed by atoms with E-state index in [-0.39, 0.29) is 6.04 Å². The zero-order valence-corrected chi connectivity index (χ0v) is 21.6. The molecular formula is C26H29N3P2S. The van der Waals surface area contributed by atoms with E-state index in [0.717, 1.165) is 11.4 Å². The topological polar surface area (TPSA) is 21.1 Å². The van der Waals surface area contributed by atoms with E-state index in [9.17, 15) is 0 Å². The first-order valence-corrected chi connectivity index (χ1v) is 14.8. The van der Waals surface area contributed by atoms with Crippen molar-refractivity contribution in [1.29, 1.82) is 0 Å². The molecule has 0 fully saturated rings. The average Bonchev–Trinajstić information content (AvgIpc) is 3.15. The van der Waals surface area contributed by atoms with Crippen molar-refractivity contribution in [3.05, 3.63) is 108 Å². The van der Waals surface area contributed by atoms with Crippen molar-refractivity contribution in [2.24, 2.45) is 0 Å². The molecule has 4 aromatic rings. The molecule has 0 aliphatic heterocycles. The van der Waals surface area contributed by atoms with Crippen molar-refractivity contribution in [3.8, 4) is 0 Å². The third-order valence-corrected chi connectivity index (χ3v) is 14.2. The fourth-order valence-corrected chi connectivity index (χ4v) is 12.7. The molecule has 0 saturated carbocycles. The Kier molecular flexibility index (Phi) is 7.08. The van der Waals surface area contributed by atoms with Gasteiger partial charge in [-0.05, 0) is 33.8 Å². The normalized spacial score (nSPS) is 12.9. The van der Waals surface area contributed by atoms with Crippen LogP contribution in [0.2, 0.25) is 0 Å². The van der Waals surface area contributed by atoms with E-state index < -0.39 is 14.4 Å². The molecule has 0 bridgehead atoms. The standard InChI is InChI=1S/C26H29N3P2S/c1-21(2)29(30(24-14-8-5-9-15-24)28-23(4)20-22(3)27-28)31(32,25-16-10-6-11-17-25)26-18-12-7-13-19-26/h5-21H,1-4H3. The third-order valence-electron chi connectivity index (χ3n) is 5.31. The fourth-order valence-electron chi connectivity index (χ4n) is 3.99. The van der Waals surface area contributed by atoms with E-state index in [4.69, 9.17) is 16.9 Å². The summed E-state index contributed by atoms with van der Waals surface area (Å²) < 4.78 is 4.81. The Labute approximate surface area is 198 Å². The van der Waals surface area contributed by atoms with Crippen LogP contribution in [0.4, 0.5) is 0 Å². The summed E-state index contributed by atoms with van der Waals surface area (Å²) in [7, 11) is -1.00. The van der Waals surface area contributed by atoms with E-state index in [1.807, 2.05) is 0 Å². The van der Waals surface area contributed by atoms with E-state index >= 15 is 0 Å². The van der Waals surface area contributed by atoms with E-state index in [1.165, 1.54) is 15.9 Å². The Morgan fingerprint density at radius 3 is 1.69 bits per heavy atom. The van der Waals surface area contributed by atoms with Gasteiger partial charge in [0.15, 0.2) is 0 Å². The smallest absolute Gasteiger partial charge is 0.128 e. The van der Waals surface area contributed by atoms with Gasteiger partial charge in [-0.1, -0.05) is 103 Å². The van der Waals surface area contributed by atoms with Gasteiger partial charge in [-0.25, -0.2) is 8.89 Å². The van der Waals surface area contributed by atoms with Crippen LogP contribution in [0.3, 0.4) is 0 Å². The maximum absolute atomic E-state index is 6.77. The van der Waals surface area contributed by atoms with Gasteiger partial charge in [0.2, 0.25) is 0 Å². The molecule has 164 valence electrons. The molecule has 0 N–H and O–H groups in total. The summed E-state index contributed by atoms with van der Waals surface area (Å²) >= 11 is 6.77. The van der Waals surface area contributed by atoms with Gasteiger partial charge >= 0.3 is 0 Å². The summed E-state index contributed by atoms with van der Waals surface area (Å²) in [6, 6.07) is 34.4. The Morgan fingerprint density at radius 1 is 0.812 bits per heavy atom. The molecule has 6 heteroatoms. The zero-order valence-electron chi connectivity index (χ0n) is 19.0. The Hall–Kier alpha value is -2.09. The second-order valence-electron chi connectivity index (χ2n) is 8.10. The Balaban J connectivity index is 2.03. The van der Waals surface area contributed by atoms with Gasteiger partial charge in [0, 0.05) is 27.6 Å². The van der Waals surface area contributed by atoms with Crippen LogP contribution in [0.1, 0.15) is 25.2 Å². The summed E-state index contributed by atoms with van der Waals surface area (Å²) in [5, 5.41) is 8.64. The zero-order chi connectivity index (χ0) is 22.7. The van der Waals surface area contributed by atoms with Gasteiger partial charge in [-0.3, -0.25) is 0 Å². The van der Waals surface area contributed by atoms with Crippen LogP contribution in [-0.2, 0) is 11.8 Å². The number of nitrogens with zero attached hydrogens (tertiary/aromatic N) is 3. The second-order valence-corrected chi connectivity index (χ2v) is 14.5. The average molecular weight is 478 g/mol. The molecule has 0 spiro atoms. The maximum atomic E-state index is 6.77. The van der Waals surface area contributed by atoms with Crippen LogP contribution in [0.15, 0.2) is 97.1 Å². The molecule has 32 heavy (non-hydrogen) atoms. The first kappa shape index (κ1) is 23.1. The number of hydrogen-bond donors (Lipinski definition) is 0.